The first-order valence-electron chi connectivity index (χ1n) is 8.10. The molecule has 130 valence electrons. The third kappa shape index (κ3) is 3.76. The second kappa shape index (κ2) is 7.29. The van der Waals surface area contributed by atoms with Gasteiger partial charge in [0.1, 0.15) is 5.82 Å². The maximum absolute atomic E-state index is 14.0. The molecule has 1 fully saturated rings. The number of aromatic nitrogens is 2. The van der Waals surface area contributed by atoms with E-state index in [2.05, 4.69) is 26.8 Å². The Labute approximate surface area is 146 Å². The summed E-state index contributed by atoms with van der Waals surface area (Å²) in [6.45, 7) is 7.89. The number of benzene rings is 1. The summed E-state index contributed by atoms with van der Waals surface area (Å²) in [5.74, 6) is 0.102. The molecule has 0 unspecified atom stereocenters. The second-order valence-electron chi connectivity index (χ2n) is 5.77. The van der Waals surface area contributed by atoms with E-state index in [4.69, 9.17) is 0 Å². The van der Waals surface area contributed by atoms with Crippen molar-refractivity contribution in [3.63, 3.8) is 0 Å². The van der Waals surface area contributed by atoms with E-state index in [0.717, 1.165) is 17.6 Å². The minimum Gasteiger partial charge on any atom is -0.366 e. The van der Waals surface area contributed by atoms with E-state index in [0.29, 0.717) is 32.0 Å². The summed E-state index contributed by atoms with van der Waals surface area (Å²) >= 11 is 0. The summed E-state index contributed by atoms with van der Waals surface area (Å²) in [6, 6.07) is 7.67. The molecule has 1 amide bonds. The van der Waals surface area contributed by atoms with E-state index in [1.807, 2.05) is 24.3 Å². The Hall–Kier alpha value is -2.96. The smallest absolute Gasteiger partial charge is 0.246 e. The van der Waals surface area contributed by atoms with Gasteiger partial charge in [-0.1, -0.05) is 18.7 Å². The van der Waals surface area contributed by atoms with Crippen molar-refractivity contribution in [1.82, 2.24) is 14.9 Å². The highest BCUT2D eigenvalue weighted by atomic mass is 19.1. The lowest BCUT2D eigenvalue weighted by molar-refractivity contribution is -0.126. The van der Waals surface area contributed by atoms with Crippen LogP contribution in [0.25, 0.3) is 0 Å². The minimum atomic E-state index is -0.498. The molecule has 0 bridgehead atoms. The first-order valence-corrected chi connectivity index (χ1v) is 8.10. The van der Waals surface area contributed by atoms with Crippen LogP contribution in [0.2, 0.25) is 0 Å². The van der Waals surface area contributed by atoms with Crippen molar-refractivity contribution in [2.24, 2.45) is 0 Å². The number of carbonyl (C=O) groups is 1. The fraction of sp³-hybridized carbons (Fsp3) is 0.278. The van der Waals surface area contributed by atoms with Gasteiger partial charge in [-0.25, -0.2) is 14.4 Å². The molecule has 7 heteroatoms. The monoisotopic (exact) mass is 341 g/mol. The number of hydrogen-bond donors (Lipinski definition) is 1. The number of nitrogens with zero attached hydrogens (tertiary/aromatic N) is 4. The Morgan fingerprint density at radius 3 is 2.72 bits per heavy atom. The van der Waals surface area contributed by atoms with Gasteiger partial charge in [0.15, 0.2) is 11.6 Å². The number of aryl methyl sites for hydroxylation is 1. The summed E-state index contributed by atoms with van der Waals surface area (Å²) in [6.07, 6.45) is 2.50. The molecule has 2 heterocycles. The molecule has 2 aromatic rings. The summed E-state index contributed by atoms with van der Waals surface area (Å²) in [4.78, 5) is 23.6. The Kier molecular flexibility index (Phi) is 4.92. The minimum absolute atomic E-state index is 0.0513. The molecule has 0 spiro atoms. The van der Waals surface area contributed by atoms with Crippen LogP contribution in [0.3, 0.4) is 0 Å². The Morgan fingerprint density at radius 1 is 1.28 bits per heavy atom. The Bertz CT molecular complexity index is 787. The van der Waals surface area contributed by atoms with Gasteiger partial charge in [0.05, 0.1) is 17.6 Å². The van der Waals surface area contributed by atoms with Crippen molar-refractivity contribution in [3.8, 4) is 0 Å². The molecule has 0 radical (unpaired) electrons. The Balaban J connectivity index is 1.79. The van der Waals surface area contributed by atoms with Gasteiger partial charge in [-0.15, -0.1) is 0 Å². The molecule has 1 saturated heterocycles. The Morgan fingerprint density at radius 2 is 2.00 bits per heavy atom. The number of halogens is 1. The first kappa shape index (κ1) is 16.9. The van der Waals surface area contributed by atoms with Crippen LogP contribution in [-0.2, 0) is 4.79 Å². The van der Waals surface area contributed by atoms with Crippen LogP contribution in [0.5, 0.6) is 0 Å². The summed E-state index contributed by atoms with van der Waals surface area (Å²) in [5.41, 5.74) is 1.71. The number of nitrogens with one attached hydrogen (secondary N) is 1. The van der Waals surface area contributed by atoms with Crippen LogP contribution in [0, 0.1) is 12.7 Å². The van der Waals surface area contributed by atoms with Crippen LogP contribution in [0.1, 0.15) is 5.82 Å². The number of amides is 1. The van der Waals surface area contributed by atoms with Gasteiger partial charge in [-0.05, 0) is 25.1 Å². The SMILES string of the molecule is C=CC(=O)N1CCN(c2ccccc2Nc2nc(C)ncc2F)CC1. The van der Waals surface area contributed by atoms with Gasteiger partial charge in [0.2, 0.25) is 5.91 Å². The highest BCUT2D eigenvalue weighted by molar-refractivity contribution is 5.87. The number of anilines is 3. The first-order chi connectivity index (χ1) is 12.1. The van der Waals surface area contributed by atoms with E-state index in [1.54, 1.807) is 11.8 Å². The van der Waals surface area contributed by atoms with E-state index in [9.17, 15) is 9.18 Å². The highest BCUT2D eigenvalue weighted by Gasteiger charge is 2.21. The van der Waals surface area contributed by atoms with Crippen LogP contribution in [-0.4, -0.2) is 47.0 Å². The molecule has 25 heavy (non-hydrogen) atoms. The lowest BCUT2D eigenvalue weighted by atomic mass is 10.2. The van der Waals surface area contributed by atoms with Gasteiger partial charge in [-0.2, -0.15) is 0 Å². The second-order valence-corrected chi connectivity index (χ2v) is 5.77. The van der Waals surface area contributed by atoms with E-state index in [-0.39, 0.29) is 11.7 Å². The summed E-state index contributed by atoms with van der Waals surface area (Å²) in [5, 5.41) is 3.06. The maximum Gasteiger partial charge on any atom is 0.246 e. The zero-order chi connectivity index (χ0) is 17.8. The molecule has 6 nitrogen and oxygen atoms in total. The quantitative estimate of drug-likeness (QED) is 0.866. The molecule has 0 aliphatic carbocycles. The van der Waals surface area contributed by atoms with Gasteiger partial charge >= 0.3 is 0 Å². The van der Waals surface area contributed by atoms with Gasteiger partial charge < -0.3 is 15.1 Å². The molecule has 1 N–H and O–H groups in total. The zero-order valence-electron chi connectivity index (χ0n) is 14.1. The molecule has 1 aliphatic heterocycles. The average molecular weight is 341 g/mol. The zero-order valence-corrected chi connectivity index (χ0v) is 14.1. The van der Waals surface area contributed by atoms with Crippen LogP contribution >= 0.6 is 0 Å². The van der Waals surface area contributed by atoms with Gasteiger partial charge in [0, 0.05) is 26.2 Å². The van der Waals surface area contributed by atoms with E-state index in [1.165, 1.54) is 6.08 Å². The van der Waals surface area contributed by atoms with Crippen LogP contribution < -0.4 is 10.2 Å². The van der Waals surface area contributed by atoms with E-state index < -0.39 is 5.82 Å². The number of piperazine rings is 1. The van der Waals surface area contributed by atoms with Crippen molar-refractivity contribution in [1.29, 1.82) is 0 Å². The third-order valence-corrected chi connectivity index (χ3v) is 4.13. The highest BCUT2D eigenvalue weighted by Crippen LogP contribution is 2.29. The van der Waals surface area contributed by atoms with Gasteiger partial charge in [-0.3, -0.25) is 4.79 Å². The fourth-order valence-electron chi connectivity index (χ4n) is 2.82. The molecule has 0 saturated carbocycles. The molecule has 1 aliphatic rings. The number of hydrogen-bond acceptors (Lipinski definition) is 5. The molecule has 1 aromatic carbocycles. The summed E-state index contributed by atoms with van der Waals surface area (Å²) in [7, 11) is 0. The molecular formula is C18H20FN5O. The standard InChI is InChI=1S/C18H20FN5O/c1-3-17(25)24-10-8-23(9-11-24)16-7-5-4-6-15(16)22-18-14(19)12-20-13(2)21-18/h3-7,12H,1,8-11H2,2H3,(H,20,21,22). The van der Waals surface area contributed by atoms with Crippen molar-refractivity contribution < 1.29 is 9.18 Å². The fourth-order valence-corrected chi connectivity index (χ4v) is 2.82. The van der Waals surface area contributed by atoms with Crippen molar-refractivity contribution in [2.75, 3.05) is 36.4 Å². The number of para-hydroxylation sites is 2. The van der Waals surface area contributed by atoms with E-state index >= 15 is 0 Å². The lowest BCUT2D eigenvalue weighted by Gasteiger charge is -2.36. The normalized spacial score (nSPS) is 14.3. The topological polar surface area (TPSA) is 61.4 Å². The predicted molar refractivity (Wildman–Crippen MR) is 95.4 cm³/mol. The molecule has 1 aromatic heterocycles. The van der Waals surface area contributed by atoms with Crippen LogP contribution in [0.4, 0.5) is 21.6 Å². The van der Waals surface area contributed by atoms with Gasteiger partial charge in [0.25, 0.3) is 0 Å². The third-order valence-electron chi connectivity index (χ3n) is 4.13. The number of rotatable bonds is 4. The lowest BCUT2D eigenvalue weighted by Crippen LogP contribution is -2.48. The average Bonchev–Trinajstić information content (AvgIpc) is 2.65. The molecule has 3 rings (SSSR count). The van der Waals surface area contributed by atoms with Crippen LogP contribution in [0.15, 0.2) is 43.1 Å². The molecular weight excluding hydrogens is 321 g/mol. The van der Waals surface area contributed by atoms with Crippen molar-refractivity contribution in [3.05, 3.63) is 54.8 Å². The van der Waals surface area contributed by atoms with Crippen molar-refractivity contribution >= 4 is 23.1 Å². The van der Waals surface area contributed by atoms with Crippen molar-refractivity contribution in [2.45, 2.75) is 6.92 Å². The summed E-state index contributed by atoms with van der Waals surface area (Å²) < 4.78 is 14.0. The number of carbonyl (C=O) groups excluding carboxylic acids is 1. The predicted octanol–water partition coefficient (Wildman–Crippen LogP) is 2.50. The molecule has 0 atom stereocenters. The maximum atomic E-state index is 14.0. The largest absolute Gasteiger partial charge is 0.366 e.